The lowest BCUT2D eigenvalue weighted by Crippen LogP contribution is -2.34. The predicted molar refractivity (Wildman–Crippen MR) is 129 cm³/mol. The van der Waals surface area contributed by atoms with Crippen LogP contribution in [0.25, 0.3) is 5.82 Å². The number of imidazole rings is 1. The third kappa shape index (κ3) is 6.75. The van der Waals surface area contributed by atoms with Crippen LogP contribution in [0.5, 0.6) is 11.5 Å². The molecule has 1 amide bonds. The SMILES string of the molecule is COc1ccc(CNCCNC(CC(=O)N(C)C)c2cc(-n3ccnc3)nc(C)n2)cc1OC. The van der Waals surface area contributed by atoms with Crippen molar-refractivity contribution in [3.8, 4) is 17.3 Å². The third-order valence-electron chi connectivity index (χ3n) is 5.32. The van der Waals surface area contributed by atoms with Crippen LogP contribution in [0.15, 0.2) is 43.0 Å². The summed E-state index contributed by atoms with van der Waals surface area (Å²) in [6.45, 7) is 3.89. The maximum atomic E-state index is 12.5. The van der Waals surface area contributed by atoms with E-state index in [4.69, 9.17) is 9.47 Å². The summed E-state index contributed by atoms with van der Waals surface area (Å²) in [6.07, 6.45) is 5.52. The number of aryl methyl sites for hydroxylation is 1. The molecule has 182 valence electrons. The smallest absolute Gasteiger partial charge is 0.224 e. The quantitative estimate of drug-likeness (QED) is 0.389. The molecule has 0 fully saturated rings. The Morgan fingerprint density at radius 1 is 1.12 bits per heavy atom. The topological polar surface area (TPSA) is 106 Å². The van der Waals surface area contributed by atoms with Crippen molar-refractivity contribution in [1.29, 1.82) is 0 Å². The largest absolute Gasteiger partial charge is 0.493 e. The van der Waals surface area contributed by atoms with Crippen molar-refractivity contribution in [2.24, 2.45) is 0 Å². The van der Waals surface area contributed by atoms with Gasteiger partial charge in [-0.3, -0.25) is 9.36 Å². The van der Waals surface area contributed by atoms with E-state index in [2.05, 4.69) is 25.6 Å². The molecule has 1 unspecified atom stereocenters. The highest BCUT2D eigenvalue weighted by Gasteiger charge is 2.20. The highest BCUT2D eigenvalue weighted by molar-refractivity contribution is 5.76. The summed E-state index contributed by atoms with van der Waals surface area (Å²) in [5.74, 6) is 2.79. The van der Waals surface area contributed by atoms with Gasteiger partial charge in [0.2, 0.25) is 5.91 Å². The third-order valence-corrected chi connectivity index (χ3v) is 5.32. The van der Waals surface area contributed by atoms with E-state index < -0.39 is 0 Å². The maximum absolute atomic E-state index is 12.5. The van der Waals surface area contributed by atoms with Crippen molar-refractivity contribution < 1.29 is 14.3 Å². The minimum Gasteiger partial charge on any atom is -0.493 e. The molecule has 1 aromatic carbocycles. The number of rotatable bonds is 12. The van der Waals surface area contributed by atoms with E-state index in [-0.39, 0.29) is 11.9 Å². The van der Waals surface area contributed by atoms with Gasteiger partial charge in [0.25, 0.3) is 0 Å². The monoisotopic (exact) mass is 467 g/mol. The van der Waals surface area contributed by atoms with Gasteiger partial charge >= 0.3 is 0 Å². The van der Waals surface area contributed by atoms with Gasteiger partial charge in [-0.05, 0) is 24.6 Å². The minimum atomic E-state index is -0.248. The lowest BCUT2D eigenvalue weighted by Gasteiger charge is -2.21. The van der Waals surface area contributed by atoms with E-state index in [0.717, 1.165) is 17.1 Å². The fourth-order valence-corrected chi connectivity index (χ4v) is 3.48. The standard InChI is InChI=1S/C24H33N7O3/c1-17-28-20(13-23(29-17)31-11-10-26-16-31)19(14-24(32)30(2)3)27-9-8-25-15-18-6-7-21(33-4)22(12-18)34-5/h6-7,10-13,16,19,25,27H,8-9,14-15H2,1-5H3. The second kappa shape index (κ2) is 12.1. The Hall–Kier alpha value is -3.50. The Morgan fingerprint density at radius 2 is 1.91 bits per heavy atom. The molecule has 0 saturated heterocycles. The first-order chi connectivity index (χ1) is 16.4. The van der Waals surface area contributed by atoms with Crippen LogP contribution in [0.3, 0.4) is 0 Å². The number of aromatic nitrogens is 4. The average Bonchev–Trinajstić information content (AvgIpc) is 3.37. The van der Waals surface area contributed by atoms with E-state index in [1.54, 1.807) is 45.7 Å². The van der Waals surface area contributed by atoms with E-state index in [1.807, 2.05) is 42.0 Å². The molecule has 2 aromatic heterocycles. The van der Waals surface area contributed by atoms with Gasteiger partial charge in [0.1, 0.15) is 18.0 Å². The molecule has 1 atom stereocenters. The molecule has 0 radical (unpaired) electrons. The molecule has 2 heterocycles. The fourth-order valence-electron chi connectivity index (χ4n) is 3.48. The second-order valence-electron chi connectivity index (χ2n) is 8.03. The highest BCUT2D eigenvalue weighted by Crippen LogP contribution is 2.27. The van der Waals surface area contributed by atoms with Gasteiger partial charge in [0.15, 0.2) is 11.5 Å². The molecule has 3 aromatic rings. The summed E-state index contributed by atoms with van der Waals surface area (Å²) in [5.41, 5.74) is 1.86. The molecule has 0 spiro atoms. The lowest BCUT2D eigenvalue weighted by atomic mass is 10.1. The molecule has 0 aliphatic rings. The number of ether oxygens (including phenoxy) is 2. The zero-order valence-electron chi connectivity index (χ0n) is 20.4. The molecule has 34 heavy (non-hydrogen) atoms. The summed E-state index contributed by atoms with van der Waals surface area (Å²) in [7, 11) is 6.76. The normalized spacial score (nSPS) is 11.8. The fraction of sp³-hybridized carbons (Fsp3) is 0.417. The van der Waals surface area contributed by atoms with Crippen LogP contribution in [0.2, 0.25) is 0 Å². The van der Waals surface area contributed by atoms with Crippen molar-refractivity contribution in [2.75, 3.05) is 41.4 Å². The Morgan fingerprint density at radius 3 is 2.59 bits per heavy atom. The van der Waals surface area contributed by atoms with Crippen molar-refractivity contribution in [1.82, 2.24) is 35.1 Å². The molecule has 3 rings (SSSR count). The maximum Gasteiger partial charge on any atom is 0.224 e. The number of methoxy groups -OCH3 is 2. The molecular weight excluding hydrogens is 434 g/mol. The summed E-state index contributed by atoms with van der Waals surface area (Å²) in [5, 5.41) is 6.90. The van der Waals surface area contributed by atoms with Crippen molar-refractivity contribution in [3.05, 3.63) is 60.1 Å². The van der Waals surface area contributed by atoms with Gasteiger partial charge in [-0.25, -0.2) is 15.0 Å². The Balaban J connectivity index is 1.64. The number of hydrogen-bond acceptors (Lipinski definition) is 8. The van der Waals surface area contributed by atoms with E-state index >= 15 is 0 Å². The van der Waals surface area contributed by atoms with Crippen LogP contribution in [0.4, 0.5) is 0 Å². The van der Waals surface area contributed by atoms with Crippen LogP contribution in [-0.4, -0.2) is 71.7 Å². The van der Waals surface area contributed by atoms with Crippen LogP contribution in [0, 0.1) is 6.92 Å². The molecular formula is C24H33N7O3. The Bertz CT molecular complexity index is 1070. The molecule has 10 heteroatoms. The Labute approximate surface area is 200 Å². The van der Waals surface area contributed by atoms with Gasteiger partial charge in [0.05, 0.1) is 26.0 Å². The number of nitrogens with zero attached hydrogens (tertiary/aromatic N) is 5. The number of benzene rings is 1. The number of amides is 1. The second-order valence-corrected chi connectivity index (χ2v) is 8.03. The summed E-state index contributed by atoms with van der Waals surface area (Å²) in [6, 6.07) is 7.50. The average molecular weight is 468 g/mol. The van der Waals surface area contributed by atoms with E-state index in [1.165, 1.54) is 0 Å². The summed E-state index contributed by atoms with van der Waals surface area (Å²) < 4.78 is 12.5. The van der Waals surface area contributed by atoms with E-state index in [0.29, 0.717) is 43.4 Å². The van der Waals surface area contributed by atoms with Crippen LogP contribution in [0.1, 0.15) is 29.5 Å². The van der Waals surface area contributed by atoms with Gasteiger partial charge in [0, 0.05) is 58.6 Å². The Kier molecular flexibility index (Phi) is 8.94. The zero-order chi connectivity index (χ0) is 24.5. The molecule has 0 bridgehead atoms. The number of carbonyl (C=O) groups excluding carboxylic acids is 1. The van der Waals surface area contributed by atoms with Crippen LogP contribution < -0.4 is 20.1 Å². The number of hydrogen-bond donors (Lipinski definition) is 2. The number of nitrogens with one attached hydrogen (secondary N) is 2. The predicted octanol–water partition coefficient (Wildman–Crippen LogP) is 1.89. The van der Waals surface area contributed by atoms with Crippen molar-refractivity contribution in [3.63, 3.8) is 0 Å². The molecule has 0 saturated carbocycles. The first-order valence-electron chi connectivity index (χ1n) is 11.1. The first-order valence-corrected chi connectivity index (χ1v) is 11.1. The molecule has 2 N–H and O–H groups in total. The summed E-state index contributed by atoms with van der Waals surface area (Å²) >= 11 is 0. The van der Waals surface area contributed by atoms with Crippen LogP contribution in [-0.2, 0) is 11.3 Å². The minimum absolute atomic E-state index is 0.0243. The number of carbonyl (C=O) groups is 1. The molecule has 0 aliphatic heterocycles. The molecule has 10 nitrogen and oxygen atoms in total. The van der Waals surface area contributed by atoms with Crippen molar-refractivity contribution >= 4 is 5.91 Å². The lowest BCUT2D eigenvalue weighted by molar-refractivity contribution is -0.129. The van der Waals surface area contributed by atoms with Gasteiger partial charge in [-0.1, -0.05) is 6.07 Å². The highest BCUT2D eigenvalue weighted by atomic mass is 16.5. The van der Waals surface area contributed by atoms with E-state index in [9.17, 15) is 4.79 Å². The van der Waals surface area contributed by atoms with Gasteiger partial charge in [-0.2, -0.15) is 0 Å². The van der Waals surface area contributed by atoms with Gasteiger partial charge < -0.3 is 25.0 Å². The van der Waals surface area contributed by atoms with Crippen LogP contribution >= 0.6 is 0 Å². The zero-order valence-corrected chi connectivity index (χ0v) is 20.4. The van der Waals surface area contributed by atoms with Crippen molar-refractivity contribution in [2.45, 2.75) is 25.9 Å². The van der Waals surface area contributed by atoms with Gasteiger partial charge in [-0.15, -0.1) is 0 Å². The summed E-state index contributed by atoms with van der Waals surface area (Å²) in [4.78, 5) is 27.3. The molecule has 0 aliphatic carbocycles. The first kappa shape index (κ1) is 25.1.